The summed E-state index contributed by atoms with van der Waals surface area (Å²) in [6.07, 6.45) is 5.58. The molecule has 0 amide bonds. The number of fused-ring (bicyclic) bond motifs is 2. The van der Waals surface area contributed by atoms with Crippen LogP contribution in [-0.4, -0.2) is 37.1 Å². The third kappa shape index (κ3) is 2.17. The molecule has 2 aromatic carbocycles. The second kappa shape index (κ2) is 5.20. The number of methoxy groups -OCH3 is 1. The first-order valence-corrected chi connectivity index (χ1v) is 7.83. The van der Waals surface area contributed by atoms with Gasteiger partial charge in [-0.05, 0) is 24.3 Å². The first-order valence-electron chi connectivity index (χ1n) is 7.83. The molecular formula is C18H14N6O. The van der Waals surface area contributed by atoms with Gasteiger partial charge >= 0.3 is 0 Å². The fourth-order valence-corrected chi connectivity index (χ4v) is 2.96. The molecule has 7 nitrogen and oxygen atoms in total. The largest absolute Gasteiger partial charge is 0.494 e. The fraction of sp³-hybridized carbons (Fsp3) is 0.0556. The number of hydrogen-bond donors (Lipinski definition) is 2. The first-order chi connectivity index (χ1) is 12.3. The molecule has 3 heterocycles. The molecule has 5 rings (SSSR count). The Labute approximate surface area is 142 Å². The average molecular weight is 330 g/mol. The molecule has 0 bridgehead atoms. The Kier molecular flexibility index (Phi) is 2.87. The van der Waals surface area contributed by atoms with Gasteiger partial charge in [0.15, 0.2) is 5.82 Å². The zero-order valence-electron chi connectivity index (χ0n) is 13.4. The number of nitrogens with one attached hydrogen (secondary N) is 2. The van der Waals surface area contributed by atoms with Crippen LogP contribution < -0.4 is 4.74 Å². The number of ether oxygens (including phenoxy) is 1. The van der Waals surface area contributed by atoms with E-state index < -0.39 is 0 Å². The number of aromatic nitrogens is 6. The second-order valence-electron chi connectivity index (χ2n) is 5.73. The molecule has 5 aromatic rings. The lowest BCUT2D eigenvalue weighted by Gasteiger charge is -2.07. The van der Waals surface area contributed by atoms with Gasteiger partial charge in [0.1, 0.15) is 11.4 Å². The van der Waals surface area contributed by atoms with E-state index in [9.17, 15) is 0 Å². The van der Waals surface area contributed by atoms with Crippen molar-refractivity contribution < 1.29 is 4.74 Å². The molecule has 0 fully saturated rings. The molecule has 0 aliphatic rings. The summed E-state index contributed by atoms with van der Waals surface area (Å²) in [5, 5.41) is 11.6. The Hall–Kier alpha value is -3.61. The van der Waals surface area contributed by atoms with Crippen LogP contribution in [0, 0.1) is 0 Å². The van der Waals surface area contributed by atoms with Crippen molar-refractivity contribution in [2.45, 2.75) is 0 Å². The highest BCUT2D eigenvalue weighted by Gasteiger charge is 2.12. The minimum Gasteiger partial charge on any atom is -0.494 e. The van der Waals surface area contributed by atoms with Gasteiger partial charge in [0.2, 0.25) is 0 Å². The zero-order chi connectivity index (χ0) is 16.8. The third-order valence-corrected chi connectivity index (χ3v) is 4.21. The fourth-order valence-electron chi connectivity index (χ4n) is 2.96. The number of aromatic amines is 2. The number of benzene rings is 2. The summed E-state index contributed by atoms with van der Waals surface area (Å²) in [7, 11) is 1.65. The van der Waals surface area contributed by atoms with Crippen molar-refractivity contribution in [3.63, 3.8) is 0 Å². The van der Waals surface area contributed by atoms with Crippen molar-refractivity contribution in [3.05, 3.63) is 55.0 Å². The van der Waals surface area contributed by atoms with Gasteiger partial charge in [0, 0.05) is 17.8 Å². The Bertz CT molecular complexity index is 1150. The molecule has 0 spiro atoms. The predicted octanol–water partition coefficient (Wildman–Crippen LogP) is 3.30. The van der Waals surface area contributed by atoms with E-state index in [0.29, 0.717) is 5.82 Å². The number of imidazole rings is 1. The molecule has 0 saturated carbocycles. The average Bonchev–Trinajstić information content (AvgIpc) is 3.37. The monoisotopic (exact) mass is 330 g/mol. The van der Waals surface area contributed by atoms with Crippen LogP contribution in [-0.2, 0) is 0 Å². The summed E-state index contributed by atoms with van der Waals surface area (Å²) in [6.45, 7) is 0. The van der Waals surface area contributed by atoms with E-state index in [1.807, 2.05) is 48.8 Å². The SMILES string of the molecule is COc1ccccc1-n1cc(-c2nc3cc4c[nH][nH]c4cc3n2)cn1. The number of nitrogens with zero attached hydrogens (tertiary/aromatic N) is 4. The summed E-state index contributed by atoms with van der Waals surface area (Å²) in [5.74, 6) is 1.42. The van der Waals surface area contributed by atoms with Gasteiger partial charge in [0.25, 0.3) is 0 Å². The Morgan fingerprint density at radius 1 is 1.08 bits per heavy atom. The molecule has 25 heavy (non-hydrogen) atoms. The standard InChI is InChI=1S/C18H14N6O/c1-25-17-5-3-2-4-16(17)24-10-12(9-20-24)18-21-14-6-11-8-19-23-13(11)7-15(14)22-18/h2-10,19,23H,1H3. The Morgan fingerprint density at radius 3 is 2.80 bits per heavy atom. The van der Waals surface area contributed by atoms with E-state index in [-0.39, 0.29) is 0 Å². The van der Waals surface area contributed by atoms with Gasteiger partial charge in [-0.25, -0.2) is 14.6 Å². The van der Waals surface area contributed by atoms with Gasteiger partial charge in [-0.2, -0.15) is 5.10 Å². The molecule has 122 valence electrons. The van der Waals surface area contributed by atoms with Crippen molar-refractivity contribution in [2.24, 2.45) is 0 Å². The molecule has 7 heteroatoms. The number of H-pyrrole nitrogens is 2. The van der Waals surface area contributed by atoms with Crippen molar-refractivity contribution in [1.29, 1.82) is 0 Å². The number of para-hydroxylation sites is 2. The van der Waals surface area contributed by atoms with E-state index in [1.165, 1.54) is 0 Å². The van der Waals surface area contributed by atoms with E-state index in [0.717, 1.165) is 38.9 Å². The molecule has 2 N–H and O–H groups in total. The highest BCUT2D eigenvalue weighted by atomic mass is 16.5. The lowest BCUT2D eigenvalue weighted by molar-refractivity contribution is 0.411. The molecule has 0 aliphatic heterocycles. The summed E-state index contributed by atoms with van der Waals surface area (Å²) >= 11 is 0. The molecule has 0 atom stereocenters. The lowest BCUT2D eigenvalue weighted by atomic mass is 10.2. The minimum absolute atomic E-state index is 0.660. The van der Waals surface area contributed by atoms with E-state index in [2.05, 4.69) is 25.3 Å². The molecule has 0 radical (unpaired) electrons. The second-order valence-corrected chi connectivity index (χ2v) is 5.73. The highest BCUT2D eigenvalue weighted by Crippen LogP contribution is 2.26. The topological polar surface area (TPSA) is 84.4 Å². The normalized spacial score (nSPS) is 11.4. The molecule has 3 aromatic heterocycles. The smallest absolute Gasteiger partial charge is 0.163 e. The van der Waals surface area contributed by atoms with E-state index in [4.69, 9.17) is 4.74 Å². The van der Waals surface area contributed by atoms with E-state index in [1.54, 1.807) is 18.0 Å². The van der Waals surface area contributed by atoms with Crippen molar-refractivity contribution in [3.8, 4) is 22.8 Å². The maximum atomic E-state index is 5.40. The van der Waals surface area contributed by atoms with Crippen LogP contribution in [0.2, 0.25) is 0 Å². The molecule has 0 unspecified atom stereocenters. The molecule has 0 aliphatic carbocycles. The van der Waals surface area contributed by atoms with Gasteiger partial charge in [-0.1, -0.05) is 12.1 Å². The first kappa shape index (κ1) is 13.8. The summed E-state index contributed by atoms with van der Waals surface area (Å²) < 4.78 is 7.17. The lowest BCUT2D eigenvalue weighted by Crippen LogP contribution is -1.97. The van der Waals surface area contributed by atoms with Gasteiger partial charge in [0.05, 0.1) is 35.4 Å². The summed E-state index contributed by atoms with van der Waals surface area (Å²) in [4.78, 5) is 9.27. The Balaban J connectivity index is 1.59. The summed E-state index contributed by atoms with van der Waals surface area (Å²) in [6, 6.07) is 11.7. The quantitative estimate of drug-likeness (QED) is 0.531. The van der Waals surface area contributed by atoms with Crippen LogP contribution in [0.25, 0.3) is 39.0 Å². The number of hydrogen-bond acceptors (Lipinski definition) is 4. The van der Waals surface area contributed by atoms with Crippen LogP contribution in [0.4, 0.5) is 0 Å². The van der Waals surface area contributed by atoms with Crippen LogP contribution in [0.1, 0.15) is 0 Å². The highest BCUT2D eigenvalue weighted by molar-refractivity contribution is 5.93. The van der Waals surface area contributed by atoms with Crippen LogP contribution >= 0.6 is 0 Å². The van der Waals surface area contributed by atoms with Crippen LogP contribution in [0.5, 0.6) is 5.75 Å². The Morgan fingerprint density at radius 2 is 1.92 bits per heavy atom. The maximum absolute atomic E-state index is 5.40. The van der Waals surface area contributed by atoms with Gasteiger partial charge in [-0.15, -0.1) is 0 Å². The zero-order valence-corrected chi connectivity index (χ0v) is 13.4. The number of rotatable bonds is 3. The van der Waals surface area contributed by atoms with Crippen LogP contribution in [0.15, 0.2) is 55.0 Å². The molecule has 0 saturated heterocycles. The summed E-state index contributed by atoms with van der Waals surface area (Å²) in [5.41, 5.74) is 4.45. The van der Waals surface area contributed by atoms with Gasteiger partial charge < -0.3 is 14.9 Å². The maximum Gasteiger partial charge on any atom is 0.163 e. The van der Waals surface area contributed by atoms with Crippen molar-refractivity contribution in [2.75, 3.05) is 7.11 Å². The predicted molar refractivity (Wildman–Crippen MR) is 94.9 cm³/mol. The third-order valence-electron chi connectivity index (χ3n) is 4.21. The van der Waals surface area contributed by atoms with Crippen LogP contribution in [0.3, 0.4) is 0 Å². The van der Waals surface area contributed by atoms with Gasteiger partial charge in [-0.3, -0.25) is 0 Å². The van der Waals surface area contributed by atoms with Crippen molar-refractivity contribution >= 4 is 21.9 Å². The van der Waals surface area contributed by atoms with E-state index >= 15 is 0 Å². The molecular weight excluding hydrogens is 316 g/mol. The van der Waals surface area contributed by atoms with Crippen molar-refractivity contribution in [1.82, 2.24) is 29.9 Å². The minimum atomic E-state index is 0.660.